The fraction of sp³-hybridized carbons (Fsp3) is 0.389. The molecule has 0 aliphatic rings. The molecule has 0 saturated heterocycles. The third-order valence-electron chi connectivity index (χ3n) is 3.71. The molecule has 0 aliphatic heterocycles. The highest BCUT2D eigenvalue weighted by Gasteiger charge is 2.12. The first-order valence-electron chi connectivity index (χ1n) is 7.60. The summed E-state index contributed by atoms with van der Waals surface area (Å²) >= 11 is 0. The van der Waals surface area contributed by atoms with E-state index in [1.54, 1.807) is 0 Å². The Morgan fingerprint density at radius 3 is 2.38 bits per heavy atom. The minimum Gasteiger partial charge on any atom is -0.396 e. The van der Waals surface area contributed by atoms with E-state index < -0.39 is 0 Å². The van der Waals surface area contributed by atoms with Crippen molar-refractivity contribution in [3.63, 3.8) is 0 Å². The second kappa shape index (κ2) is 8.55. The van der Waals surface area contributed by atoms with Crippen LogP contribution in [0.25, 0.3) is 0 Å². The number of pyridine rings is 1. The molecule has 0 aliphatic carbocycles. The average molecular weight is 284 g/mol. The molecule has 1 aromatic heterocycles. The van der Waals surface area contributed by atoms with Gasteiger partial charge in [0.15, 0.2) is 0 Å². The maximum Gasteiger partial charge on any atom is 0.0577 e. The van der Waals surface area contributed by atoms with Gasteiger partial charge < -0.3 is 10.4 Å². The number of hydrogen-bond donors (Lipinski definition) is 2. The molecule has 3 nitrogen and oxygen atoms in total. The number of nitrogens with one attached hydrogen (secondary N) is 1. The molecule has 2 aromatic rings. The Morgan fingerprint density at radius 1 is 1.05 bits per heavy atom. The third kappa shape index (κ3) is 4.96. The highest BCUT2D eigenvalue weighted by atomic mass is 16.3. The lowest BCUT2D eigenvalue weighted by Gasteiger charge is -2.20. The molecule has 0 amide bonds. The van der Waals surface area contributed by atoms with Crippen molar-refractivity contribution in [2.75, 3.05) is 13.2 Å². The van der Waals surface area contributed by atoms with Gasteiger partial charge in [0.25, 0.3) is 0 Å². The van der Waals surface area contributed by atoms with E-state index in [1.165, 1.54) is 11.1 Å². The van der Waals surface area contributed by atoms with Crippen LogP contribution >= 0.6 is 0 Å². The molecule has 112 valence electrons. The molecule has 2 atom stereocenters. The van der Waals surface area contributed by atoms with Gasteiger partial charge >= 0.3 is 0 Å². The number of nitrogens with zero attached hydrogens (tertiary/aromatic N) is 1. The zero-order valence-electron chi connectivity index (χ0n) is 12.6. The van der Waals surface area contributed by atoms with Crippen LogP contribution in [0.4, 0.5) is 0 Å². The van der Waals surface area contributed by atoms with Gasteiger partial charge in [-0.3, -0.25) is 4.98 Å². The van der Waals surface area contributed by atoms with Gasteiger partial charge in [0.05, 0.1) is 6.04 Å². The molecular formula is C18H24N2O. The first-order valence-corrected chi connectivity index (χ1v) is 7.60. The molecule has 0 fully saturated rings. The van der Waals surface area contributed by atoms with Gasteiger partial charge in [-0.15, -0.1) is 0 Å². The van der Waals surface area contributed by atoms with Crippen LogP contribution in [-0.2, 0) is 0 Å². The molecule has 1 aromatic carbocycles. The summed E-state index contributed by atoms with van der Waals surface area (Å²) in [6.07, 6.45) is 5.78. The van der Waals surface area contributed by atoms with Crippen LogP contribution < -0.4 is 5.32 Å². The molecule has 0 saturated carbocycles. The SMILES string of the molecule is CC(CO)CCCNC(c1ccccc1)c1ccncc1. The number of aliphatic hydroxyl groups is 1. The summed E-state index contributed by atoms with van der Waals surface area (Å²) in [5, 5.41) is 12.7. The maximum absolute atomic E-state index is 9.07. The zero-order chi connectivity index (χ0) is 14.9. The van der Waals surface area contributed by atoms with Gasteiger partial charge in [-0.1, -0.05) is 37.3 Å². The summed E-state index contributed by atoms with van der Waals surface area (Å²) < 4.78 is 0. The molecule has 21 heavy (non-hydrogen) atoms. The van der Waals surface area contributed by atoms with Crippen molar-refractivity contribution >= 4 is 0 Å². The van der Waals surface area contributed by atoms with E-state index in [0.29, 0.717) is 5.92 Å². The normalized spacial score (nSPS) is 13.8. The van der Waals surface area contributed by atoms with Gasteiger partial charge in [-0.25, -0.2) is 0 Å². The van der Waals surface area contributed by atoms with Crippen LogP contribution in [0.15, 0.2) is 54.9 Å². The Balaban J connectivity index is 2.00. The topological polar surface area (TPSA) is 45.1 Å². The highest BCUT2D eigenvalue weighted by molar-refractivity contribution is 5.30. The Kier molecular flexibility index (Phi) is 6.38. The van der Waals surface area contributed by atoms with Gasteiger partial charge in [0, 0.05) is 19.0 Å². The van der Waals surface area contributed by atoms with E-state index >= 15 is 0 Å². The summed E-state index contributed by atoms with van der Waals surface area (Å²) in [6.45, 7) is 3.29. The molecule has 1 heterocycles. The van der Waals surface area contributed by atoms with E-state index in [-0.39, 0.29) is 12.6 Å². The quantitative estimate of drug-likeness (QED) is 0.732. The summed E-state index contributed by atoms with van der Waals surface area (Å²) in [5.41, 5.74) is 2.49. The lowest BCUT2D eigenvalue weighted by molar-refractivity contribution is 0.228. The van der Waals surface area contributed by atoms with E-state index in [1.807, 2.05) is 18.5 Å². The van der Waals surface area contributed by atoms with E-state index in [2.05, 4.69) is 53.6 Å². The second-order valence-electron chi connectivity index (χ2n) is 5.51. The van der Waals surface area contributed by atoms with Gasteiger partial charge in [0.2, 0.25) is 0 Å². The van der Waals surface area contributed by atoms with Crippen molar-refractivity contribution in [2.45, 2.75) is 25.8 Å². The largest absolute Gasteiger partial charge is 0.396 e. The number of aromatic nitrogens is 1. The molecule has 0 radical (unpaired) electrons. The second-order valence-corrected chi connectivity index (χ2v) is 5.51. The molecular weight excluding hydrogens is 260 g/mol. The Morgan fingerprint density at radius 2 is 1.71 bits per heavy atom. The molecule has 3 heteroatoms. The summed E-state index contributed by atoms with van der Waals surface area (Å²) in [7, 11) is 0. The monoisotopic (exact) mass is 284 g/mol. The predicted molar refractivity (Wildman–Crippen MR) is 86.0 cm³/mol. The Bertz CT molecular complexity index is 462. The zero-order valence-corrected chi connectivity index (χ0v) is 12.6. The highest BCUT2D eigenvalue weighted by Crippen LogP contribution is 2.21. The van der Waals surface area contributed by atoms with Crippen molar-refractivity contribution in [1.29, 1.82) is 0 Å². The van der Waals surface area contributed by atoms with Crippen LogP contribution in [-0.4, -0.2) is 23.2 Å². The number of rotatable bonds is 8. The molecule has 0 spiro atoms. The third-order valence-corrected chi connectivity index (χ3v) is 3.71. The predicted octanol–water partition coefficient (Wildman–Crippen LogP) is 3.17. The number of hydrogen-bond acceptors (Lipinski definition) is 3. The van der Waals surface area contributed by atoms with E-state index in [9.17, 15) is 0 Å². The van der Waals surface area contributed by atoms with E-state index in [4.69, 9.17) is 5.11 Å². The summed E-state index contributed by atoms with van der Waals surface area (Å²) in [6, 6.07) is 14.8. The van der Waals surface area contributed by atoms with Crippen molar-refractivity contribution in [3.8, 4) is 0 Å². The van der Waals surface area contributed by atoms with Gasteiger partial charge in [0.1, 0.15) is 0 Å². The van der Waals surface area contributed by atoms with Crippen molar-refractivity contribution in [2.24, 2.45) is 5.92 Å². The van der Waals surface area contributed by atoms with Crippen molar-refractivity contribution in [3.05, 3.63) is 66.0 Å². The van der Waals surface area contributed by atoms with E-state index in [0.717, 1.165) is 19.4 Å². The first-order chi connectivity index (χ1) is 10.3. The van der Waals surface area contributed by atoms with Crippen LogP contribution in [0.2, 0.25) is 0 Å². The summed E-state index contributed by atoms with van der Waals surface area (Å²) in [5.74, 6) is 0.378. The number of aliphatic hydroxyl groups excluding tert-OH is 1. The van der Waals surface area contributed by atoms with Gasteiger partial charge in [-0.05, 0) is 48.6 Å². The minimum atomic E-state index is 0.193. The fourth-order valence-corrected chi connectivity index (χ4v) is 2.42. The van der Waals surface area contributed by atoms with Crippen molar-refractivity contribution in [1.82, 2.24) is 10.3 Å². The standard InChI is InChI=1S/C18H24N2O/c1-15(14-21)6-5-11-20-18(16-7-3-2-4-8-16)17-9-12-19-13-10-17/h2-4,7-10,12-13,15,18,20-21H,5-6,11,14H2,1H3. The van der Waals surface area contributed by atoms with Crippen LogP contribution in [0.1, 0.15) is 36.9 Å². The number of benzene rings is 1. The average Bonchev–Trinajstić information content (AvgIpc) is 2.56. The van der Waals surface area contributed by atoms with Crippen molar-refractivity contribution < 1.29 is 5.11 Å². The first kappa shape index (κ1) is 15.7. The maximum atomic E-state index is 9.07. The lowest BCUT2D eigenvalue weighted by atomic mass is 9.99. The fourth-order valence-electron chi connectivity index (χ4n) is 2.42. The van der Waals surface area contributed by atoms with Crippen LogP contribution in [0.5, 0.6) is 0 Å². The molecule has 2 unspecified atom stereocenters. The molecule has 0 bridgehead atoms. The summed E-state index contributed by atoms with van der Waals surface area (Å²) in [4.78, 5) is 4.10. The van der Waals surface area contributed by atoms with Crippen LogP contribution in [0, 0.1) is 5.92 Å². The smallest absolute Gasteiger partial charge is 0.0577 e. The molecule has 2 N–H and O–H groups in total. The lowest BCUT2D eigenvalue weighted by Crippen LogP contribution is -2.24. The van der Waals surface area contributed by atoms with Crippen LogP contribution in [0.3, 0.4) is 0 Å². The Labute approximate surface area is 127 Å². The Hall–Kier alpha value is -1.71. The molecule has 2 rings (SSSR count). The minimum absolute atomic E-state index is 0.193. The van der Waals surface area contributed by atoms with Gasteiger partial charge in [-0.2, -0.15) is 0 Å².